The summed E-state index contributed by atoms with van der Waals surface area (Å²) < 4.78 is 34.7. The van der Waals surface area contributed by atoms with Crippen LogP contribution in [-0.2, 0) is 0 Å². The SMILES string of the molecule is CC(=N)N(C)CCC(F)(F)F. The molecule has 0 amide bonds. The molecule has 0 spiro atoms. The van der Waals surface area contributed by atoms with Gasteiger partial charge in [-0.3, -0.25) is 5.41 Å². The summed E-state index contributed by atoms with van der Waals surface area (Å²) in [5.74, 6) is 0.147. The molecule has 0 heterocycles. The van der Waals surface area contributed by atoms with Gasteiger partial charge in [-0.05, 0) is 6.92 Å². The number of nitrogens with zero attached hydrogens (tertiary/aromatic N) is 1. The third kappa shape index (κ3) is 5.69. The van der Waals surface area contributed by atoms with E-state index in [1.807, 2.05) is 0 Å². The van der Waals surface area contributed by atoms with Gasteiger partial charge in [0.25, 0.3) is 0 Å². The van der Waals surface area contributed by atoms with E-state index in [-0.39, 0.29) is 12.4 Å². The first-order valence-electron chi connectivity index (χ1n) is 3.16. The third-order valence-electron chi connectivity index (χ3n) is 1.30. The molecule has 0 aromatic carbocycles. The molecule has 0 aliphatic carbocycles. The van der Waals surface area contributed by atoms with Crippen LogP contribution in [0.25, 0.3) is 0 Å². The molecule has 0 bridgehead atoms. The fourth-order valence-corrected chi connectivity index (χ4v) is 0.462. The molecule has 11 heavy (non-hydrogen) atoms. The van der Waals surface area contributed by atoms with Gasteiger partial charge in [0.15, 0.2) is 0 Å². The van der Waals surface area contributed by atoms with Crippen molar-refractivity contribution in [1.29, 1.82) is 5.41 Å². The van der Waals surface area contributed by atoms with Gasteiger partial charge in [-0.15, -0.1) is 0 Å². The number of hydrogen-bond acceptors (Lipinski definition) is 1. The summed E-state index contributed by atoms with van der Waals surface area (Å²) in [5, 5.41) is 6.97. The Labute approximate surface area is 63.5 Å². The van der Waals surface area contributed by atoms with Crippen LogP contribution >= 0.6 is 0 Å². The molecule has 0 aromatic heterocycles. The van der Waals surface area contributed by atoms with Crippen molar-refractivity contribution in [2.45, 2.75) is 19.5 Å². The summed E-state index contributed by atoms with van der Waals surface area (Å²) in [6.45, 7) is 1.31. The largest absolute Gasteiger partial charge is 0.390 e. The highest BCUT2D eigenvalue weighted by atomic mass is 19.4. The van der Waals surface area contributed by atoms with Crippen molar-refractivity contribution in [2.24, 2.45) is 0 Å². The number of halogens is 3. The van der Waals surface area contributed by atoms with Gasteiger partial charge in [0.2, 0.25) is 0 Å². The van der Waals surface area contributed by atoms with Crippen molar-refractivity contribution < 1.29 is 13.2 Å². The molecule has 66 valence electrons. The van der Waals surface area contributed by atoms with Crippen molar-refractivity contribution in [1.82, 2.24) is 4.90 Å². The summed E-state index contributed by atoms with van der Waals surface area (Å²) in [4.78, 5) is 1.26. The second-order valence-electron chi connectivity index (χ2n) is 2.37. The maximum absolute atomic E-state index is 11.6. The minimum Gasteiger partial charge on any atom is -0.364 e. The quantitative estimate of drug-likeness (QED) is 0.494. The molecular weight excluding hydrogens is 157 g/mol. The fourth-order valence-electron chi connectivity index (χ4n) is 0.462. The number of nitrogens with one attached hydrogen (secondary N) is 1. The molecule has 1 N–H and O–H groups in total. The minimum atomic E-state index is -4.12. The smallest absolute Gasteiger partial charge is 0.364 e. The molecule has 0 saturated heterocycles. The second-order valence-corrected chi connectivity index (χ2v) is 2.37. The maximum atomic E-state index is 11.6. The molecular formula is C6H11F3N2. The molecule has 0 aliphatic rings. The maximum Gasteiger partial charge on any atom is 0.390 e. The van der Waals surface area contributed by atoms with Gasteiger partial charge in [0, 0.05) is 13.6 Å². The topological polar surface area (TPSA) is 27.1 Å². The van der Waals surface area contributed by atoms with Crippen LogP contribution in [0.4, 0.5) is 13.2 Å². The predicted octanol–water partition coefficient (Wildman–Crippen LogP) is 1.87. The summed E-state index contributed by atoms with van der Waals surface area (Å²) in [6.07, 6.45) is -4.98. The molecule has 0 aliphatic heterocycles. The first-order valence-corrected chi connectivity index (χ1v) is 3.16. The number of hydrogen-bond donors (Lipinski definition) is 1. The van der Waals surface area contributed by atoms with Crippen LogP contribution in [0.2, 0.25) is 0 Å². The van der Waals surface area contributed by atoms with E-state index >= 15 is 0 Å². The molecule has 5 heteroatoms. The van der Waals surface area contributed by atoms with Crippen LogP contribution in [0.15, 0.2) is 0 Å². The van der Waals surface area contributed by atoms with E-state index in [1.54, 1.807) is 0 Å². The highest BCUT2D eigenvalue weighted by molar-refractivity contribution is 5.75. The molecule has 0 saturated carbocycles. The molecule has 0 aromatic rings. The Morgan fingerprint density at radius 3 is 2.18 bits per heavy atom. The summed E-state index contributed by atoms with van der Waals surface area (Å²) in [7, 11) is 1.47. The summed E-state index contributed by atoms with van der Waals surface area (Å²) >= 11 is 0. The van der Waals surface area contributed by atoms with Crippen molar-refractivity contribution in [3.05, 3.63) is 0 Å². The Kier molecular flexibility index (Phi) is 3.35. The average Bonchev–Trinajstić information content (AvgIpc) is 1.80. The van der Waals surface area contributed by atoms with Crippen LogP contribution in [0.5, 0.6) is 0 Å². The van der Waals surface area contributed by atoms with Crippen molar-refractivity contribution >= 4 is 5.84 Å². The van der Waals surface area contributed by atoms with E-state index in [0.717, 1.165) is 0 Å². The van der Waals surface area contributed by atoms with Gasteiger partial charge in [-0.1, -0.05) is 0 Å². The number of rotatable bonds is 2. The number of alkyl halides is 3. The van der Waals surface area contributed by atoms with Crippen LogP contribution in [-0.4, -0.2) is 30.5 Å². The Morgan fingerprint density at radius 2 is 1.91 bits per heavy atom. The first-order chi connectivity index (χ1) is 4.83. The highest BCUT2D eigenvalue weighted by Gasteiger charge is 2.27. The van der Waals surface area contributed by atoms with Gasteiger partial charge in [-0.25, -0.2) is 0 Å². The lowest BCUT2D eigenvalue weighted by Gasteiger charge is -2.17. The van der Waals surface area contributed by atoms with Crippen LogP contribution in [0, 0.1) is 5.41 Å². The Bertz CT molecular complexity index is 141. The number of amidine groups is 1. The minimum absolute atomic E-state index is 0.140. The molecule has 0 fully saturated rings. The summed E-state index contributed by atoms with van der Waals surface area (Å²) in [6, 6.07) is 0. The van der Waals surface area contributed by atoms with E-state index in [4.69, 9.17) is 5.41 Å². The predicted molar refractivity (Wildman–Crippen MR) is 36.7 cm³/mol. The fraction of sp³-hybridized carbons (Fsp3) is 0.833. The third-order valence-corrected chi connectivity index (χ3v) is 1.30. The van der Waals surface area contributed by atoms with Crippen molar-refractivity contribution in [2.75, 3.05) is 13.6 Å². The van der Waals surface area contributed by atoms with Gasteiger partial charge >= 0.3 is 6.18 Å². The standard InChI is InChI=1S/C6H11F3N2/c1-5(10)11(2)4-3-6(7,8)9/h10H,3-4H2,1-2H3. The molecule has 0 unspecified atom stereocenters. The first kappa shape index (κ1) is 10.3. The molecule has 2 nitrogen and oxygen atoms in total. The summed E-state index contributed by atoms with van der Waals surface area (Å²) in [5.41, 5.74) is 0. The van der Waals surface area contributed by atoms with E-state index in [9.17, 15) is 13.2 Å². The second kappa shape index (κ2) is 3.59. The Balaban J connectivity index is 3.63. The van der Waals surface area contributed by atoms with E-state index in [2.05, 4.69) is 0 Å². The van der Waals surface area contributed by atoms with Crippen LogP contribution in [0.3, 0.4) is 0 Å². The van der Waals surface area contributed by atoms with Crippen LogP contribution in [0.1, 0.15) is 13.3 Å². The monoisotopic (exact) mass is 168 g/mol. The van der Waals surface area contributed by atoms with Gasteiger partial charge < -0.3 is 4.90 Å². The molecule has 0 radical (unpaired) electrons. The normalized spacial score (nSPS) is 11.4. The molecule has 0 atom stereocenters. The Morgan fingerprint density at radius 1 is 1.45 bits per heavy atom. The van der Waals surface area contributed by atoms with E-state index in [0.29, 0.717) is 0 Å². The van der Waals surface area contributed by atoms with Crippen LogP contribution < -0.4 is 0 Å². The van der Waals surface area contributed by atoms with Crippen molar-refractivity contribution in [3.63, 3.8) is 0 Å². The zero-order valence-electron chi connectivity index (χ0n) is 6.50. The molecule has 0 rings (SSSR count). The van der Waals surface area contributed by atoms with E-state index < -0.39 is 12.6 Å². The zero-order chi connectivity index (χ0) is 9.07. The van der Waals surface area contributed by atoms with Gasteiger partial charge in [0.1, 0.15) is 0 Å². The van der Waals surface area contributed by atoms with Gasteiger partial charge in [-0.2, -0.15) is 13.2 Å². The lowest BCUT2D eigenvalue weighted by molar-refractivity contribution is -0.135. The zero-order valence-corrected chi connectivity index (χ0v) is 6.50. The lowest BCUT2D eigenvalue weighted by atomic mass is 10.4. The van der Waals surface area contributed by atoms with Crippen molar-refractivity contribution in [3.8, 4) is 0 Å². The Hall–Kier alpha value is -0.740. The average molecular weight is 168 g/mol. The lowest BCUT2D eigenvalue weighted by Crippen LogP contribution is -2.27. The van der Waals surface area contributed by atoms with Gasteiger partial charge in [0.05, 0.1) is 12.3 Å². The highest BCUT2D eigenvalue weighted by Crippen LogP contribution is 2.19. The van der Waals surface area contributed by atoms with E-state index in [1.165, 1.54) is 18.9 Å².